The zero-order chi connectivity index (χ0) is 18.4. The lowest BCUT2D eigenvalue weighted by Gasteiger charge is -2.22. The maximum Gasteiger partial charge on any atom is 0.217 e. The van der Waals surface area contributed by atoms with E-state index in [1.165, 1.54) is 6.92 Å². The fourth-order valence-electron chi connectivity index (χ4n) is 2.56. The van der Waals surface area contributed by atoms with Crippen LogP contribution in [-0.4, -0.2) is 26.7 Å². The van der Waals surface area contributed by atoms with E-state index < -0.39 is 0 Å². The van der Waals surface area contributed by atoms with Gasteiger partial charge >= 0.3 is 0 Å². The molecule has 0 aliphatic carbocycles. The number of methoxy groups -OCH3 is 2. The molecule has 0 saturated heterocycles. The van der Waals surface area contributed by atoms with Crippen LogP contribution in [0.4, 0.5) is 0 Å². The van der Waals surface area contributed by atoms with E-state index in [9.17, 15) is 4.79 Å². The molecule has 2 aromatic rings. The SMILES string of the molecule is CCOc1ccc(C(NC(C)=O)c2cc(OC)c(OC)cc2Br)cc1. The maximum absolute atomic E-state index is 11.8. The van der Waals surface area contributed by atoms with Crippen molar-refractivity contribution in [2.24, 2.45) is 0 Å². The van der Waals surface area contributed by atoms with Gasteiger partial charge in [0.15, 0.2) is 11.5 Å². The third kappa shape index (κ3) is 4.66. The Bertz CT molecular complexity index is 731. The molecule has 1 amide bonds. The standard InChI is InChI=1S/C19H22BrNO4/c1-5-25-14-8-6-13(7-9-14)19(21-12(2)22)15-10-17(23-3)18(24-4)11-16(15)20/h6-11,19H,5H2,1-4H3,(H,21,22). The van der Waals surface area contributed by atoms with Gasteiger partial charge in [-0.05, 0) is 42.3 Å². The van der Waals surface area contributed by atoms with E-state index in [-0.39, 0.29) is 11.9 Å². The largest absolute Gasteiger partial charge is 0.494 e. The summed E-state index contributed by atoms with van der Waals surface area (Å²) in [6, 6.07) is 11.0. The van der Waals surface area contributed by atoms with Crippen LogP contribution >= 0.6 is 15.9 Å². The second-order valence-electron chi connectivity index (χ2n) is 5.36. The molecule has 0 fully saturated rings. The lowest BCUT2D eigenvalue weighted by atomic mass is 9.98. The van der Waals surface area contributed by atoms with Crippen molar-refractivity contribution in [3.8, 4) is 17.2 Å². The number of rotatable bonds is 7. The third-order valence-corrected chi connectivity index (χ3v) is 4.37. The molecule has 1 unspecified atom stereocenters. The molecule has 0 saturated carbocycles. The molecular weight excluding hydrogens is 386 g/mol. The maximum atomic E-state index is 11.8. The second-order valence-corrected chi connectivity index (χ2v) is 6.22. The Morgan fingerprint density at radius 1 is 1.12 bits per heavy atom. The fraction of sp³-hybridized carbons (Fsp3) is 0.316. The van der Waals surface area contributed by atoms with E-state index >= 15 is 0 Å². The zero-order valence-electron chi connectivity index (χ0n) is 14.8. The summed E-state index contributed by atoms with van der Waals surface area (Å²) in [6.07, 6.45) is 0. The van der Waals surface area contributed by atoms with Crippen LogP contribution in [0.1, 0.15) is 31.0 Å². The van der Waals surface area contributed by atoms with E-state index in [4.69, 9.17) is 14.2 Å². The highest BCUT2D eigenvalue weighted by atomic mass is 79.9. The summed E-state index contributed by atoms with van der Waals surface area (Å²) in [5.41, 5.74) is 1.81. The number of amides is 1. The summed E-state index contributed by atoms with van der Waals surface area (Å²) in [7, 11) is 3.17. The quantitative estimate of drug-likeness (QED) is 0.750. The molecule has 0 aliphatic rings. The van der Waals surface area contributed by atoms with Crippen LogP contribution in [0.2, 0.25) is 0 Å². The fourth-order valence-corrected chi connectivity index (χ4v) is 3.11. The molecule has 134 valence electrons. The summed E-state index contributed by atoms with van der Waals surface area (Å²) >= 11 is 3.57. The topological polar surface area (TPSA) is 56.8 Å². The molecule has 0 radical (unpaired) electrons. The molecule has 1 N–H and O–H groups in total. The van der Waals surface area contributed by atoms with E-state index in [0.29, 0.717) is 18.1 Å². The first-order valence-corrected chi connectivity index (χ1v) is 8.70. The number of ether oxygens (including phenoxy) is 3. The lowest BCUT2D eigenvalue weighted by Crippen LogP contribution is -2.27. The molecule has 6 heteroatoms. The predicted molar refractivity (Wildman–Crippen MR) is 101 cm³/mol. The van der Waals surface area contributed by atoms with Gasteiger partial charge in [0.2, 0.25) is 5.91 Å². The predicted octanol–water partition coefficient (Wildman–Crippen LogP) is 4.09. The van der Waals surface area contributed by atoms with Crippen molar-refractivity contribution in [2.45, 2.75) is 19.9 Å². The molecule has 0 aliphatic heterocycles. The van der Waals surface area contributed by atoms with E-state index in [1.807, 2.05) is 43.3 Å². The van der Waals surface area contributed by atoms with Gasteiger partial charge < -0.3 is 19.5 Å². The second kappa shape index (κ2) is 8.76. The van der Waals surface area contributed by atoms with Crippen LogP contribution in [0.3, 0.4) is 0 Å². The number of nitrogens with one attached hydrogen (secondary N) is 1. The minimum absolute atomic E-state index is 0.124. The van der Waals surface area contributed by atoms with Gasteiger partial charge in [-0.15, -0.1) is 0 Å². The van der Waals surface area contributed by atoms with Crippen molar-refractivity contribution < 1.29 is 19.0 Å². The molecule has 5 nitrogen and oxygen atoms in total. The first kappa shape index (κ1) is 19.1. The van der Waals surface area contributed by atoms with Crippen LogP contribution in [0.15, 0.2) is 40.9 Å². The van der Waals surface area contributed by atoms with Gasteiger partial charge in [0, 0.05) is 11.4 Å². The molecule has 1 atom stereocenters. The molecule has 0 aromatic heterocycles. The van der Waals surface area contributed by atoms with Crippen LogP contribution in [0, 0.1) is 0 Å². The Balaban J connectivity index is 2.48. The first-order valence-electron chi connectivity index (χ1n) is 7.91. The summed E-state index contributed by atoms with van der Waals surface area (Å²) in [5, 5.41) is 2.99. The van der Waals surface area contributed by atoms with E-state index in [0.717, 1.165) is 21.3 Å². The molecule has 0 bridgehead atoms. The Morgan fingerprint density at radius 3 is 2.24 bits per heavy atom. The summed E-state index contributed by atoms with van der Waals surface area (Å²) < 4.78 is 17.0. The van der Waals surface area contributed by atoms with Gasteiger partial charge in [0.05, 0.1) is 26.9 Å². The van der Waals surface area contributed by atoms with Crippen molar-refractivity contribution in [2.75, 3.05) is 20.8 Å². The number of hydrogen-bond acceptors (Lipinski definition) is 4. The van der Waals surface area contributed by atoms with Gasteiger partial charge in [-0.1, -0.05) is 28.1 Å². The van der Waals surface area contributed by atoms with Crippen LogP contribution < -0.4 is 19.5 Å². The molecule has 2 aromatic carbocycles. The Hall–Kier alpha value is -2.21. The van der Waals surface area contributed by atoms with Crippen LogP contribution in [0.25, 0.3) is 0 Å². The minimum atomic E-state index is -0.331. The Kier molecular flexibility index (Phi) is 6.70. The molecule has 2 rings (SSSR count). The van der Waals surface area contributed by atoms with Gasteiger partial charge in [0.25, 0.3) is 0 Å². The van der Waals surface area contributed by atoms with Gasteiger partial charge in [-0.25, -0.2) is 0 Å². The van der Waals surface area contributed by atoms with E-state index in [2.05, 4.69) is 21.2 Å². The smallest absolute Gasteiger partial charge is 0.217 e. The van der Waals surface area contributed by atoms with E-state index in [1.54, 1.807) is 14.2 Å². The van der Waals surface area contributed by atoms with Gasteiger partial charge in [-0.2, -0.15) is 0 Å². The van der Waals surface area contributed by atoms with Gasteiger partial charge in [0.1, 0.15) is 5.75 Å². The van der Waals surface area contributed by atoms with Crippen molar-refractivity contribution in [1.82, 2.24) is 5.32 Å². The third-order valence-electron chi connectivity index (χ3n) is 3.69. The number of halogens is 1. The van der Waals surface area contributed by atoms with Crippen LogP contribution in [-0.2, 0) is 4.79 Å². The molecule has 0 heterocycles. The molecular formula is C19H22BrNO4. The number of carbonyl (C=O) groups excluding carboxylic acids is 1. The Morgan fingerprint density at radius 2 is 1.72 bits per heavy atom. The summed E-state index contributed by atoms with van der Waals surface area (Å²) in [4.78, 5) is 11.8. The Labute approximate surface area is 156 Å². The summed E-state index contributed by atoms with van der Waals surface area (Å²) in [5.74, 6) is 1.88. The normalized spacial score (nSPS) is 11.6. The minimum Gasteiger partial charge on any atom is -0.494 e. The molecule has 25 heavy (non-hydrogen) atoms. The number of benzene rings is 2. The zero-order valence-corrected chi connectivity index (χ0v) is 16.3. The first-order chi connectivity index (χ1) is 12.0. The van der Waals surface area contributed by atoms with Gasteiger partial charge in [-0.3, -0.25) is 4.79 Å². The van der Waals surface area contributed by atoms with Crippen molar-refractivity contribution in [1.29, 1.82) is 0 Å². The highest BCUT2D eigenvalue weighted by Gasteiger charge is 2.21. The highest BCUT2D eigenvalue weighted by Crippen LogP contribution is 2.38. The highest BCUT2D eigenvalue weighted by molar-refractivity contribution is 9.10. The van der Waals surface area contributed by atoms with Crippen molar-refractivity contribution >= 4 is 21.8 Å². The monoisotopic (exact) mass is 407 g/mol. The average Bonchev–Trinajstić information content (AvgIpc) is 2.60. The molecule has 0 spiro atoms. The average molecular weight is 408 g/mol. The van der Waals surface area contributed by atoms with Crippen LogP contribution in [0.5, 0.6) is 17.2 Å². The van der Waals surface area contributed by atoms with Crippen molar-refractivity contribution in [3.05, 3.63) is 52.0 Å². The number of hydrogen-bond donors (Lipinski definition) is 1. The number of carbonyl (C=O) groups is 1. The lowest BCUT2D eigenvalue weighted by molar-refractivity contribution is -0.119. The van der Waals surface area contributed by atoms with Crippen molar-refractivity contribution in [3.63, 3.8) is 0 Å². The summed E-state index contributed by atoms with van der Waals surface area (Å²) in [6.45, 7) is 4.04.